The first-order valence-electron chi connectivity index (χ1n) is 10.6. The molecule has 0 amide bonds. The lowest BCUT2D eigenvalue weighted by Crippen LogP contribution is -2.38. The third-order valence-corrected chi connectivity index (χ3v) is 6.43. The highest BCUT2D eigenvalue weighted by atomic mass is 32.2. The molecule has 31 heavy (non-hydrogen) atoms. The molecule has 1 aromatic heterocycles. The zero-order valence-corrected chi connectivity index (χ0v) is 19.1. The van der Waals surface area contributed by atoms with Crippen LogP contribution in [0.1, 0.15) is 41.3 Å². The van der Waals surface area contributed by atoms with Gasteiger partial charge in [-0.05, 0) is 30.0 Å². The van der Waals surface area contributed by atoms with Crippen molar-refractivity contribution in [1.29, 1.82) is 0 Å². The molecule has 6 nitrogen and oxygen atoms in total. The number of anilines is 1. The number of para-hydroxylation sites is 1. The summed E-state index contributed by atoms with van der Waals surface area (Å²) in [5.74, 6) is 1.65. The van der Waals surface area contributed by atoms with Gasteiger partial charge in [0.1, 0.15) is 0 Å². The molecule has 2 aromatic carbocycles. The van der Waals surface area contributed by atoms with Gasteiger partial charge in [0.25, 0.3) is 0 Å². The molecular weight excluding hydrogens is 408 g/mol. The van der Waals surface area contributed by atoms with Gasteiger partial charge >= 0.3 is 0 Å². The van der Waals surface area contributed by atoms with E-state index in [1.165, 1.54) is 17.3 Å². The zero-order chi connectivity index (χ0) is 21.8. The van der Waals surface area contributed by atoms with Gasteiger partial charge in [-0.2, -0.15) is 0 Å². The van der Waals surface area contributed by atoms with Gasteiger partial charge in [-0.1, -0.05) is 68.1 Å². The van der Waals surface area contributed by atoms with Crippen LogP contribution in [0, 0.1) is 6.92 Å². The average Bonchev–Trinajstić information content (AvgIpc) is 3.22. The maximum atomic E-state index is 12.8. The standard InChI is InChI=1S/C24H28N4O2S/c1-17(2)19-8-10-20(11-9-19)22(29)16-31-24-26-25-23(27-12-14-30-15-13-27)28(24)21-7-5-4-6-18(21)3/h4-11,17H,12-16H2,1-3H3. The van der Waals surface area contributed by atoms with E-state index in [1.807, 2.05) is 36.4 Å². The van der Waals surface area contributed by atoms with Gasteiger partial charge in [-0.15, -0.1) is 10.2 Å². The van der Waals surface area contributed by atoms with Gasteiger partial charge < -0.3 is 9.64 Å². The van der Waals surface area contributed by atoms with Gasteiger partial charge in [0, 0.05) is 18.7 Å². The second-order valence-electron chi connectivity index (χ2n) is 7.99. The lowest BCUT2D eigenvalue weighted by molar-refractivity contribution is 0.102. The van der Waals surface area contributed by atoms with Crippen LogP contribution in [-0.4, -0.2) is 52.6 Å². The fraction of sp³-hybridized carbons (Fsp3) is 0.375. The van der Waals surface area contributed by atoms with Crippen molar-refractivity contribution in [3.8, 4) is 5.69 Å². The number of benzene rings is 2. The van der Waals surface area contributed by atoms with E-state index in [0.29, 0.717) is 24.9 Å². The van der Waals surface area contributed by atoms with Crippen LogP contribution < -0.4 is 4.90 Å². The zero-order valence-electron chi connectivity index (χ0n) is 18.2. The Morgan fingerprint density at radius 2 is 1.77 bits per heavy atom. The molecule has 1 aliphatic heterocycles. The Morgan fingerprint density at radius 3 is 2.45 bits per heavy atom. The maximum Gasteiger partial charge on any atom is 0.232 e. The van der Waals surface area contributed by atoms with Crippen LogP contribution in [0.15, 0.2) is 53.7 Å². The van der Waals surface area contributed by atoms with Crippen molar-refractivity contribution < 1.29 is 9.53 Å². The number of aryl methyl sites for hydroxylation is 1. The summed E-state index contributed by atoms with van der Waals surface area (Å²) in [5, 5.41) is 9.67. The Morgan fingerprint density at radius 1 is 1.06 bits per heavy atom. The molecule has 7 heteroatoms. The number of thioether (sulfide) groups is 1. The van der Waals surface area contributed by atoms with Crippen molar-refractivity contribution in [2.75, 3.05) is 37.0 Å². The van der Waals surface area contributed by atoms with E-state index in [0.717, 1.165) is 41.0 Å². The second-order valence-corrected chi connectivity index (χ2v) is 8.93. The number of Topliss-reactive ketones (excluding diaryl/α,β-unsaturated/α-hetero) is 1. The van der Waals surface area contributed by atoms with Crippen LogP contribution in [0.3, 0.4) is 0 Å². The summed E-state index contributed by atoms with van der Waals surface area (Å²) in [6.07, 6.45) is 0. The summed E-state index contributed by atoms with van der Waals surface area (Å²) in [6, 6.07) is 16.1. The number of rotatable bonds is 7. The van der Waals surface area contributed by atoms with E-state index in [9.17, 15) is 4.79 Å². The number of hydrogen-bond donors (Lipinski definition) is 0. The van der Waals surface area contributed by atoms with Gasteiger partial charge in [0.05, 0.1) is 24.7 Å². The number of morpholine rings is 1. The normalized spacial score (nSPS) is 14.3. The summed E-state index contributed by atoms with van der Waals surface area (Å²) >= 11 is 1.43. The van der Waals surface area contributed by atoms with Crippen molar-refractivity contribution in [1.82, 2.24) is 14.8 Å². The maximum absolute atomic E-state index is 12.8. The van der Waals surface area contributed by atoms with Crippen LogP contribution in [0.4, 0.5) is 5.95 Å². The number of ether oxygens (including phenoxy) is 1. The fourth-order valence-electron chi connectivity index (χ4n) is 3.62. The molecule has 4 rings (SSSR count). The van der Waals surface area contributed by atoms with Crippen molar-refractivity contribution in [3.05, 3.63) is 65.2 Å². The highest BCUT2D eigenvalue weighted by molar-refractivity contribution is 7.99. The summed E-state index contributed by atoms with van der Waals surface area (Å²) in [7, 11) is 0. The summed E-state index contributed by atoms with van der Waals surface area (Å²) in [5.41, 5.74) is 4.13. The largest absolute Gasteiger partial charge is 0.378 e. The number of carbonyl (C=O) groups excluding carboxylic acids is 1. The number of carbonyl (C=O) groups is 1. The lowest BCUT2D eigenvalue weighted by atomic mass is 10.0. The Bertz CT molecular complexity index is 1040. The number of ketones is 1. The molecule has 1 fully saturated rings. The van der Waals surface area contributed by atoms with Crippen LogP contribution in [0.5, 0.6) is 0 Å². The molecule has 0 N–H and O–H groups in total. The Balaban J connectivity index is 1.58. The lowest BCUT2D eigenvalue weighted by Gasteiger charge is -2.28. The molecule has 0 unspecified atom stereocenters. The first-order valence-corrected chi connectivity index (χ1v) is 11.6. The smallest absolute Gasteiger partial charge is 0.232 e. The number of nitrogens with zero attached hydrogens (tertiary/aromatic N) is 4. The minimum Gasteiger partial charge on any atom is -0.378 e. The van der Waals surface area contributed by atoms with Gasteiger partial charge in [-0.25, -0.2) is 0 Å². The third kappa shape index (κ3) is 4.83. The molecule has 2 heterocycles. The minimum absolute atomic E-state index is 0.0903. The van der Waals surface area contributed by atoms with E-state index < -0.39 is 0 Å². The van der Waals surface area contributed by atoms with Crippen molar-refractivity contribution in [2.24, 2.45) is 0 Å². The van der Waals surface area contributed by atoms with Crippen molar-refractivity contribution in [3.63, 3.8) is 0 Å². The van der Waals surface area contributed by atoms with Crippen molar-refractivity contribution >= 4 is 23.5 Å². The number of aromatic nitrogens is 3. The topological polar surface area (TPSA) is 60.2 Å². The molecule has 0 atom stereocenters. The highest BCUT2D eigenvalue weighted by Gasteiger charge is 2.23. The summed E-state index contributed by atoms with van der Waals surface area (Å²) in [4.78, 5) is 15.0. The van der Waals surface area contributed by atoms with Gasteiger partial charge in [-0.3, -0.25) is 9.36 Å². The predicted molar refractivity (Wildman–Crippen MR) is 125 cm³/mol. The minimum atomic E-state index is 0.0903. The number of hydrogen-bond acceptors (Lipinski definition) is 6. The van der Waals surface area contributed by atoms with Crippen molar-refractivity contribution in [2.45, 2.75) is 31.8 Å². The molecule has 0 saturated carbocycles. The Kier molecular flexibility index (Phi) is 6.73. The van der Waals surface area contributed by atoms with E-state index in [2.05, 4.69) is 52.6 Å². The van der Waals surface area contributed by atoms with E-state index >= 15 is 0 Å². The highest BCUT2D eigenvalue weighted by Crippen LogP contribution is 2.29. The molecule has 1 saturated heterocycles. The quantitative estimate of drug-likeness (QED) is 0.401. The second kappa shape index (κ2) is 9.66. The Labute approximate surface area is 187 Å². The van der Waals surface area contributed by atoms with E-state index in [1.54, 1.807) is 0 Å². The van der Waals surface area contributed by atoms with Crippen LogP contribution >= 0.6 is 11.8 Å². The molecule has 1 aliphatic rings. The van der Waals surface area contributed by atoms with E-state index in [4.69, 9.17) is 4.74 Å². The third-order valence-electron chi connectivity index (χ3n) is 5.50. The predicted octanol–water partition coefficient (Wildman–Crippen LogP) is 4.51. The van der Waals surface area contributed by atoms with Crippen LogP contribution in [-0.2, 0) is 4.74 Å². The molecule has 0 radical (unpaired) electrons. The van der Waals surface area contributed by atoms with Gasteiger partial charge in [0.15, 0.2) is 10.9 Å². The SMILES string of the molecule is Cc1ccccc1-n1c(SCC(=O)c2ccc(C(C)C)cc2)nnc1N1CCOCC1. The van der Waals surface area contributed by atoms with Crippen LogP contribution in [0.25, 0.3) is 5.69 Å². The molecule has 0 spiro atoms. The average molecular weight is 437 g/mol. The van der Waals surface area contributed by atoms with Crippen LogP contribution in [0.2, 0.25) is 0 Å². The molecule has 162 valence electrons. The molecule has 0 bridgehead atoms. The summed E-state index contributed by atoms with van der Waals surface area (Å²) < 4.78 is 7.57. The first kappa shape index (κ1) is 21.6. The summed E-state index contributed by atoms with van der Waals surface area (Å²) in [6.45, 7) is 9.27. The molecular formula is C24H28N4O2S. The Hall–Kier alpha value is -2.64. The first-order chi connectivity index (χ1) is 15.0. The molecule has 0 aliphatic carbocycles. The monoisotopic (exact) mass is 436 g/mol. The van der Waals surface area contributed by atoms with E-state index in [-0.39, 0.29) is 5.78 Å². The fourth-order valence-corrected chi connectivity index (χ4v) is 4.45. The van der Waals surface area contributed by atoms with Gasteiger partial charge in [0.2, 0.25) is 5.95 Å². The molecule has 3 aromatic rings.